The maximum Gasteiger partial charge on any atom is 0.326 e. The Morgan fingerprint density at radius 2 is 1.70 bits per heavy atom. The zero-order valence-electron chi connectivity index (χ0n) is 14.3. The van der Waals surface area contributed by atoms with E-state index in [1.54, 1.807) is 0 Å². The molecule has 0 aliphatic rings. The van der Waals surface area contributed by atoms with Gasteiger partial charge in [0, 0.05) is 18.3 Å². The Bertz CT molecular complexity index is 1350. The van der Waals surface area contributed by atoms with Crippen LogP contribution < -0.4 is 11.2 Å². The average molecular weight is 384 g/mol. The Morgan fingerprint density at radius 1 is 0.926 bits per heavy atom. The molecule has 0 aliphatic carbocycles. The molecule has 2 heterocycles. The minimum Gasteiger partial charge on any atom is -0.357 e. The van der Waals surface area contributed by atoms with Crippen molar-refractivity contribution in [3.05, 3.63) is 75.1 Å². The number of aromatic nitrogens is 3. The van der Waals surface area contributed by atoms with E-state index >= 15 is 0 Å². The summed E-state index contributed by atoms with van der Waals surface area (Å²) in [7, 11) is -2.35. The summed E-state index contributed by atoms with van der Waals surface area (Å²) in [5.41, 5.74) is 0.689. The number of hydrogen-bond acceptors (Lipinski definition) is 4. The van der Waals surface area contributed by atoms with E-state index < -0.39 is 21.3 Å². The van der Waals surface area contributed by atoms with Crippen LogP contribution in [0.2, 0.25) is 0 Å². The number of fused-ring (bicyclic) bond motifs is 2. The van der Waals surface area contributed by atoms with Crippen molar-refractivity contribution in [1.82, 2.24) is 19.3 Å². The fourth-order valence-corrected chi connectivity index (χ4v) is 4.20. The number of nitrogens with one attached hydrogen (secondary N) is 3. The van der Waals surface area contributed by atoms with E-state index in [0.717, 1.165) is 16.6 Å². The van der Waals surface area contributed by atoms with Crippen molar-refractivity contribution in [3.8, 4) is 0 Å². The lowest BCUT2D eigenvalue weighted by molar-refractivity contribution is 0.463. The van der Waals surface area contributed by atoms with E-state index in [2.05, 4.69) is 15.0 Å². The molecule has 0 saturated heterocycles. The van der Waals surface area contributed by atoms with Gasteiger partial charge in [0.25, 0.3) is 5.56 Å². The van der Waals surface area contributed by atoms with Gasteiger partial charge in [-0.25, -0.2) is 13.2 Å². The monoisotopic (exact) mass is 384 g/mol. The third-order valence-electron chi connectivity index (χ3n) is 4.40. The molecule has 138 valence electrons. The summed E-state index contributed by atoms with van der Waals surface area (Å²) in [4.78, 5) is 31.0. The molecule has 9 heteroatoms. The van der Waals surface area contributed by atoms with Crippen LogP contribution >= 0.6 is 0 Å². The van der Waals surface area contributed by atoms with Gasteiger partial charge in [-0.1, -0.05) is 18.2 Å². The van der Waals surface area contributed by atoms with Gasteiger partial charge in [-0.05, 0) is 35.7 Å². The van der Waals surface area contributed by atoms with Crippen molar-refractivity contribution in [3.63, 3.8) is 0 Å². The maximum atomic E-state index is 12.9. The van der Waals surface area contributed by atoms with Crippen LogP contribution in [0.4, 0.5) is 0 Å². The Labute approximate surface area is 153 Å². The normalized spacial score (nSPS) is 12.2. The highest BCUT2D eigenvalue weighted by atomic mass is 32.2. The first kappa shape index (κ1) is 17.3. The summed E-state index contributed by atoms with van der Waals surface area (Å²) >= 11 is 0. The van der Waals surface area contributed by atoms with Crippen molar-refractivity contribution in [2.75, 3.05) is 7.05 Å². The number of rotatable bonds is 4. The van der Waals surface area contributed by atoms with Crippen LogP contribution in [-0.2, 0) is 16.6 Å². The smallest absolute Gasteiger partial charge is 0.326 e. The minimum atomic E-state index is -3.82. The van der Waals surface area contributed by atoms with E-state index in [4.69, 9.17) is 0 Å². The van der Waals surface area contributed by atoms with Crippen LogP contribution in [-0.4, -0.2) is 34.7 Å². The lowest BCUT2D eigenvalue weighted by Crippen LogP contribution is -2.27. The van der Waals surface area contributed by atoms with Gasteiger partial charge in [-0.15, -0.1) is 0 Å². The summed E-state index contributed by atoms with van der Waals surface area (Å²) in [5.74, 6) is 0. The van der Waals surface area contributed by atoms with Crippen molar-refractivity contribution in [2.24, 2.45) is 0 Å². The fraction of sp³-hybridized carbons (Fsp3) is 0.111. The summed E-state index contributed by atoms with van der Waals surface area (Å²) in [5, 5.41) is 1.11. The Balaban J connectivity index is 1.70. The van der Waals surface area contributed by atoms with E-state index in [9.17, 15) is 18.0 Å². The molecule has 0 saturated carbocycles. The molecule has 4 rings (SSSR count). The average Bonchev–Trinajstić information content (AvgIpc) is 3.03. The van der Waals surface area contributed by atoms with Gasteiger partial charge in [-0.3, -0.25) is 9.78 Å². The second-order valence-electron chi connectivity index (χ2n) is 6.26. The molecule has 0 fully saturated rings. The zero-order valence-corrected chi connectivity index (χ0v) is 15.1. The lowest BCUT2D eigenvalue weighted by Gasteiger charge is -2.16. The zero-order chi connectivity index (χ0) is 19.2. The Morgan fingerprint density at radius 3 is 2.48 bits per heavy atom. The number of nitrogens with zero attached hydrogens (tertiary/aromatic N) is 1. The van der Waals surface area contributed by atoms with Crippen LogP contribution in [0.1, 0.15) is 5.69 Å². The number of aromatic amines is 3. The van der Waals surface area contributed by atoms with Crippen molar-refractivity contribution < 1.29 is 8.42 Å². The van der Waals surface area contributed by atoms with Gasteiger partial charge in [0.1, 0.15) is 0 Å². The maximum absolute atomic E-state index is 12.9. The van der Waals surface area contributed by atoms with Crippen LogP contribution in [0, 0.1) is 0 Å². The first-order chi connectivity index (χ1) is 12.8. The molecule has 0 amide bonds. The second kappa shape index (κ2) is 6.22. The van der Waals surface area contributed by atoms with E-state index in [1.807, 2.05) is 30.3 Å². The number of para-hydroxylation sites is 1. The predicted octanol–water partition coefficient (Wildman–Crippen LogP) is 1.52. The quantitative estimate of drug-likeness (QED) is 0.494. The van der Waals surface area contributed by atoms with Gasteiger partial charge in [0.05, 0.1) is 22.3 Å². The third-order valence-corrected chi connectivity index (χ3v) is 6.20. The summed E-state index contributed by atoms with van der Waals surface area (Å²) in [6.45, 7) is 0.150. The summed E-state index contributed by atoms with van der Waals surface area (Å²) in [6, 6.07) is 13.6. The van der Waals surface area contributed by atoms with Gasteiger partial charge in [0.15, 0.2) is 0 Å². The first-order valence-corrected chi connectivity index (χ1v) is 9.58. The minimum absolute atomic E-state index is 0.0221. The van der Waals surface area contributed by atoms with Crippen molar-refractivity contribution in [2.45, 2.75) is 11.4 Å². The predicted molar refractivity (Wildman–Crippen MR) is 102 cm³/mol. The van der Waals surface area contributed by atoms with E-state index in [-0.39, 0.29) is 22.3 Å². The Hall–Kier alpha value is -3.17. The van der Waals surface area contributed by atoms with Gasteiger partial charge in [0.2, 0.25) is 10.0 Å². The second-order valence-corrected chi connectivity index (χ2v) is 8.30. The number of sulfonamides is 1. The molecule has 27 heavy (non-hydrogen) atoms. The Kier molecular flexibility index (Phi) is 3.97. The highest BCUT2D eigenvalue weighted by molar-refractivity contribution is 7.89. The molecule has 0 atom stereocenters. The molecule has 0 spiro atoms. The van der Waals surface area contributed by atoms with Crippen LogP contribution in [0.5, 0.6) is 0 Å². The van der Waals surface area contributed by atoms with E-state index in [0.29, 0.717) is 0 Å². The molecule has 2 aromatic carbocycles. The standard InChI is InChI=1S/C18H16N4O4S/c1-22(10-12-8-11-4-2-3-5-15(11)19-12)27(25,26)13-6-7-16-14(9-13)17(23)21-18(24)20-16/h2-9,19H,10H2,1H3,(H2,20,21,23,24). The third kappa shape index (κ3) is 3.07. The summed E-state index contributed by atoms with van der Waals surface area (Å²) < 4.78 is 27.0. The largest absolute Gasteiger partial charge is 0.357 e. The van der Waals surface area contributed by atoms with Gasteiger partial charge in [-0.2, -0.15) is 4.31 Å². The number of benzene rings is 2. The highest BCUT2D eigenvalue weighted by Crippen LogP contribution is 2.21. The van der Waals surface area contributed by atoms with Gasteiger partial charge < -0.3 is 9.97 Å². The summed E-state index contributed by atoms with van der Waals surface area (Å²) in [6.07, 6.45) is 0. The van der Waals surface area contributed by atoms with Crippen molar-refractivity contribution >= 4 is 31.8 Å². The molecule has 0 radical (unpaired) electrons. The molecule has 0 aliphatic heterocycles. The first-order valence-electron chi connectivity index (χ1n) is 8.14. The van der Waals surface area contributed by atoms with Crippen LogP contribution in [0.3, 0.4) is 0 Å². The van der Waals surface area contributed by atoms with Crippen LogP contribution in [0.25, 0.3) is 21.8 Å². The molecular weight excluding hydrogens is 368 g/mol. The molecular formula is C18H16N4O4S. The van der Waals surface area contributed by atoms with Crippen molar-refractivity contribution in [1.29, 1.82) is 0 Å². The van der Waals surface area contributed by atoms with Crippen LogP contribution in [0.15, 0.2) is 63.0 Å². The topological polar surface area (TPSA) is 119 Å². The van der Waals surface area contributed by atoms with Gasteiger partial charge >= 0.3 is 5.69 Å². The lowest BCUT2D eigenvalue weighted by atomic mass is 10.2. The SMILES string of the molecule is CN(Cc1cc2ccccc2[nH]1)S(=O)(=O)c1ccc2[nH]c(=O)[nH]c(=O)c2c1. The number of H-pyrrole nitrogens is 3. The number of hydrogen-bond donors (Lipinski definition) is 3. The molecule has 0 unspecified atom stereocenters. The molecule has 0 bridgehead atoms. The molecule has 2 aromatic heterocycles. The molecule has 3 N–H and O–H groups in total. The van der Waals surface area contributed by atoms with E-state index in [1.165, 1.54) is 29.6 Å². The molecule has 4 aromatic rings. The highest BCUT2D eigenvalue weighted by Gasteiger charge is 2.22. The molecule has 8 nitrogen and oxygen atoms in total. The fourth-order valence-electron chi connectivity index (χ4n) is 3.03.